The summed E-state index contributed by atoms with van der Waals surface area (Å²) in [5.74, 6) is 0.0226. The van der Waals surface area contributed by atoms with Gasteiger partial charge in [0, 0.05) is 38.8 Å². The number of amides is 2. The first kappa shape index (κ1) is 21.9. The zero-order valence-electron chi connectivity index (χ0n) is 19.1. The number of likely N-dealkylation sites (N-methyl/N-ethyl adjacent to an activating group) is 1. The lowest BCUT2D eigenvalue weighted by Crippen LogP contribution is -2.57. The molecule has 7 nitrogen and oxygen atoms in total. The van der Waals surface area contributed by atoms with Crippen LogP contribution in [0.1, 0.15) is 49.0 Å². The molecule has 1 saturated carbocycles. The van der Waals surface area contributed by atoms with E-state index in [1.165, 1.54) is 19.3 Å². The lowest BCUT2D eigenvalue weighted by atomic mass is 9.95. The summed E-state index contributed by atoms with van der Waals surface area (Å²) in [5, 5.41) is 5.35. The molecule has 1 aliphatic carbocycles. The molecule has 4 heterocycles. The van der Waals surface area contributed by atoms with Crippen molar-refractivity contribution in [1.29, 1.82) is 0 Å². The monoisotopic (exact) mass is 457 g/mol. The number of carbonyl (C=O) groups is 2. The number of aromatic nitrogens is 1. The highest BCUT2D eigenvalue weighted by molar-refractivity contribution is 7.17. The average Bonchev–Trinajstić information content (AvgIpc) is 3.39. The molecule has 0 radical (unpaired) electrons. The van der Waals surface area contributed by atoms with Gasteiger partial charge in [-0.1, -0.05) is 19.3 Å². The van der Waals surface area contributed by atoms with Crippen LogP contribution in [-0.4, -0.2) is 89.5 Å². The molecule has 2 fully saturated rings. The van der Waals surface area contributed by atoms with Crippen molar-refractivity contribution in [3.63, 3.8) is 0 Å². The van der Waals surface area contributed by atoms with E-state index in [1.54, 1.807) is 11.3 Å². The number of hydrogen-bond acceptors (Lipinski definition) is 5. The molecule has 2 amide bonds. The van der Waals surface area contributed by atoms with E-state index >= 15 is 0 Å². The smallest absolute Gasteiger partial charge is 0.271 e. The molecule has 2 aliphatic heterocycles. The van der Waals surface area contributed by atoms with Crippen LogP contribution in [0.15, 0.2) is 17.5 Å². The van der Waals surface area contributed by atoms with Crippen molar-refractivity contribution in [3.8, 4) is 0 Å². The Morgan fingerprint density at radius 1 is 1.12 bits per heavy atom. The van der Waals surface area contributed by atoms with Crippen LogP contribution in [-0.2, 0) is 11.3 Å². The molecule has 1 unspecified atom stereocenters. The molecule has 0 aromatic carbocycles. The van der Waals surface area contributed by atoms with Crippen LogP contribution in [0, 0.1) is 0 Å². The Labute approximate surface area is 194 Å². The Morgan fingerprint density at radius 3 is 2.69 bits per heavy atom. The van der Waals surface area contributed by atoms with Crippen molar-refractivity contribution in [1.82, 2.24) is 24.6 Å². The molecular weight excluding hydrogens is 422 g/mol. The third kappa shape index (κ3) is 4.45. The quantitative estimate of drug-likeness (QED) is 0.725. The summed E-state index contributed by atoms with van der Waals surface area (Å²) >= 11 is 1.66. The van der Waals surface area contributed by atoms with E-state index in [0.29, 0.717) is 13.1 Å². The molecule has 8 heteroatoms. The van der Waals surface area contributed by atoms with Crippen molar-refractivity contribution in [2.45, 2.75) is 57.2 Å². The molecule has 2 aromatic rings. The van der Waals surface area contributed by atoms with Crippen LogP contribution in [0.3, 0.4) is 0 Å². The highest BCUT2D eigenvalue weighted by Crippen LogP contribution is 2.30. The predicted molar refractivity (Wildman–Crippen MR) is 128 cm³/mol. The van der Waals surface area contributed by atoms with Gasteiger partial charge in [0.05, 0.1) is 16.8 Å². The summed E-state index contributed by atoms with van der Waals surface area (Å²) in [7, 11) is 2.17. The Balaban J connectivity index is 1.31. The number of nitrogens with one attached hydrogen (secondary N) is 1. The fraction of sp³-hybridized carbons (Fsp3) is 0.667. The molecule has 0 bridgehead atoms. The number of thiophene rings is 1. The lowest BCUT2D eigenvalue weighted by molar-refractivity contribution is -0.127. The Bertz CT molecular complexity index is 955. The Kier molecular flexibility index (Phi) is 6.53. The van der Waals surface area contributed by atoms with Crippen LogP contribution in [0.4, 0.5) is 0 Å². The molecule has 2 aromatic heterocycles. The van der Waals surface area contributed by atoms with Gasteiger partial charge in [0.25, 0.3) is 5.91 Å². The Hall–Kier alpha value is -1.90. The molecule has 1 saturated heterocycles. The lowest BCUT2D eigenvalue weighted by Gasteiger charge is -2.38. The predicted octanol–water partition coefficient (Wildman–Crippen LogP) is 2.61. The van der Waals surface area contributed by atoms with Crippen molar-refractivity contribution in [3.05, 3.63) is 23.2 Å². The minimum absolute atomic E-state index is 0.00169. The van der Waals surface area contributed by atoms with E-state index in [4.69, 9.17) is 0 Å². The van der Waals surface area contributed by atoms with E-state index in [0.717, 1.165) is 67.9 Å². The van der Waals surface area contributed by atoms with E-state index in [9.17, 15) is 9.59 Å². The number of hydrogen-bond donors (Lipinski definition) is 1. The van der Waals surface area contributed by atoms with Gasteiger partial charge in [-0.15, -0.1) is 11.3 Å². The first-order valence-electron chi connectivity index (χ1n) is 12.2. The van der Waals surface area contributed by atoms with Gasteiger partial charge in [-0.2, -0.15) is 0 Å². The maximum atomic E-state index is 13.5. The normalized spacial score (nSPS) is 23.6. The molecule has 1 N–H and O–H groups in total. The molecule has 1 atom stereocenters. The maximum Gasteiger partial charge on any atom is 0.271 e. The number of fused-ring (bicyclic) bond motifs is 3. The van der Waals surface area contributed by atoms with Crippen LogP contribution >= 0.6 is 11.3 Å². The van der Waals surface area contributed by atoms with Gasteiger partial charge in [0.2, 0.25) is 5.91 Å². The van der Waals surface area contributed by atoms with Crippen molar-refractivity contribution in [2.24, 2.45) is 0 Å². The highest BCUT2D eigenvalue weighted by Gasteiger charge is 2.38. The van der Waals surface area contributed by atoms with Gasteiger partial charge in [0.1, 0.15) is 11.7 Å². The molecule has 0 spiro atoms. The van der Waals surface area contributed by atoms with Crippen molar-refractivity contribution < 1.29 is 9.59 Å². The van der Waals surface area contributed by atoms with E-state index in [2.05, 4.69) is 38.2 Å². The largest absolute Gasteiger partial charge is 0.352 e. The third-order valence-corrected chi connectivity index (χ3v) is 8.31. The minimum Gasteiger partial charge on any atom is -0.352 e. The Morgan fingerprint density at radius 2 is 1.91 bits per heavy atom. The number of rotatable bonds is 6. The summed E-state index contributed by atoms with van der Waals surface area (Å²) in [4.78, 5) is 33.6. The van der Waals surface area contributed by atoms with Crippen LogP contribution < -0.4 is 5.32 Å². The average molecular weight is 458 g/mol. The van der Waals surface area contributed by atoms with Gasteiger partial charge < -0.3 is 24.6 Å². The molecule has 174 valence electrons. The van der Waals surface area contributed by atoms with Gasteiger partial charge in [-0.3, -0.25) is 9.59 Å². The summed E-state index contributed by atoms with van der Waals surface area (Å²) in [5.41, 5.74) is 1.80. The second kappa shape index (κ2) is 9.53. The zero-order valence-corrected chi connectivity index (χ0v) is 19.9. The first-order valence-corrected chi connectivity index (χ1v) is 13.1. The number of nitrogens with zero attached hydrogens (tertiary/aromatic N) is 4. The van der Waals surface area contributed by atoms with Crippen LogP contribution in [0.2, 0.25) is 0 Å². The number of carbonyl (C=O) groups excluding carboxylic acids is 2. The summed E-state index contributed by atoms with van der Waals surface area (Å²) in [6.07, 6.45) is 6.63. The molecule has 32 heavy (non-hydrogen) atoms. The van der Waals surface area contributed by atoms with Gasteiger partial charge >= 0.3 is 0 Å². The van der Waals surface area contributed by atoms with Crippen molar-refractivity contribution in [2.75, 3.05) is 46.3 Å². The van der Waals surface area contributed by atoms with Crippen LogP contribution in [0.25, 0.3) is 10.2 Å². The number of piperazine rings is 1. The summed E-state index contributed by atoms with van der Waals surface area (Å²) < 4.78 is 3.19. The first-order chi connectivity index (χ1) is 15.6. The zero-order chi connectivity index (χ0) is 22.1. The summed E-state index contributed by atoms with van der Waals surface area (Å²) in [6, 6.07) is 3.90. The van der Waals surface area contributed by atoms with E-state index < -0.39 is 6.04 Å². The summed E-state index contributed by atoms with van der Waals surface area (Å²) in [6.45, 7) is 6.51. The van der Waals surface area contributed by atoms with Gasteiger partial charge in [-0.25, -0.2) is 0 Å². The van der Waals surface area contributed by atoms with Gasteiger partial charge in [0.15, 0.2) is 0 Å². The molecular formula is C24H35N5O2S. The fourth-order valence-electron chi connectivity index (χ4n) is 5.47. The third-order valence-electron chi connectivity index (χ3n) is 7.46. The topological polar surface area (TPSA) is 60.8 Å². The van der Waals surface area contributed by atoms with Gasteiger partial charge in [-0.05, 0) is 50.4 Å². The maximum absolute atomic E-state index is 13.5. The SMILES string of the molecule is CN1CCN(CCCN2C(=O)c3cc4sccc4n3CC2C(=O)NC2CCCCC2)CC1. The second-order valence-corrected chi connectivity index (χ2v) is 10.6. The van der Waals surface area contributed by atoms with Crippen LogP contribution in [0.5, 0.6) is 0 Å². The molecule has 5 rings (SSSR count). The second-order valence-electron chi connectivity index (χ2n) is 9.67. The minimum atomic E-state index is -0.431. The fourth-order valence-corrected chi connectivity index (χ4v) is 6.30. The van der Waals surface area contributed by atoms with Crippen molar-refractivity contribution >= 4 is 33.4 Å². The molecule has 3 aliphatic rings. The van der Waals surface area contributed by atoms with E-state index in [-0.39, 0.29) is 17.9 Å². The van der Waals surface area contributed by atoms with E-state index in [1.807, 2.05) is 11.0 Å². The highest BCUT2D eigenvalue weighted by atomic mass is 32.1. The standard InChI is InChI=1S/C24H35N5O2S/c1-26-11-13-27(14-12-26)9-5-10-28-21(23(30)25-18-6-3-2-4-7-18)17-29-19-8-15-32-22(19)16-20(29)24(28)31/h8,15-16,18,21H,2-7,9-14,17H2,1H3,(H,25,30).